The molecule has 2 aromatic rings. The molecule has 2 atom stereocenters. The van der Waals surface area contributed by atoms with Gasteiger partial charge in [-0.05, 0) is 37.9 Å². The fourth-order valence-corrected chi connectivity index (χ4v) is 3.80. The van der Waals surface area contributed by atoms with Crippen molar-refractivity contribution < 1.29 is 14.7 Å². The number of carboxylic acid groups (broad SMARTS) is 1. The number of hydrogen-bond donors (Lipinski definition) is 5. The minimum Gasteiger partial charge on any atom is -0.480 e. The Labute approximate surface area is 213 Å². The highest BCUT2D eigenvalue weighted by atomic mass is 16.4. The van der Waals surface area contributed by atoms with Crippen LogP contribution in [-0.2, 0) is 16.1 Å². The van der Waals surface area contributed by atoms with Crippen molar-refractivity contribution in [1.82, 2.24) is 25.2 Å². The Morgan fingerprint density at radius 1 is 1.36 bits per heavy atom. The molecule has 36 heavy (non-hydrogen) atoms. The van der Waals surface area contributed by atoms with Crippen LogP contribution in [-0.4, -0.2) is 55.8 Å². The average molecular weight is 503 g/mol. The average Bonchev–Trinajstić information content (AvgIpc) is 3.45. The number of aromatic nitrogens is 3. The molecule has 0 bridgehead atoms. The van der Waals surface area contributed by atoms with Gasteiger partial charge in [-0.2, -0.15) is 0 Å². The third-order valence-corrected chi connectivity index (χ3v) is 5.71. The standard InChI is InChI=1S/C17H25N5O3.C6H9NO.C3H8/c18-13(17(24)25)4-2-1-3-11-5-6-22(8-11)9-12-7-19-15-14(12)20-10-21-16(15)23;1-4-7-5(2)6(3)8;1-3-2/h7,10-11,13,19H,1-6,8-9,18H2,(H,24,25)(H,20,21,23);4,7H,1-2H2,3H3;3H2,1-2H3/t11-,13+;;/m1../s1. The van der Waals surface area contributed by atoms with E-state index in [9.17, 15) is 14.4 Å². The van der Waals surface area contributed by atoms with Crippen molar-refractivity contribution in [3.8, 4) is 0 Å². The van der Waals surface area contributed by atoms with E-state index in [0.717, 1.165) is 56.4 Å². The molecule has 0 aromatic carbocycles. The van der Waals surface area contributed by atoms with Crippen molar-refractivity contribution in [2.75, 3.05) is 13.1 Å². The van der Waals surface area contributed by atoms with Crippen molar-refractivity contribution in [2.45, 2.75) is 71.9 Å². The summed E-state index contributed by atoms with van der Waals surface area (Å²) in [6.07, 6.45) is 10.7. The van der Waals surface area contributed by atoms with Gasteiger partial charge in [-0.25, -0.2) is 4.98 Å². The fraction of sp³-hybridized carbons (Fsp3) is 0.538. The van der Waals surface area contributed by atoms with E-state index in [0.29, 0.717) is 23.6 Å². The summed E-state index contributed by atoms with van der Waals surface area (Å²) in [6.45, 7) is 15.3. The monoisotopic (exact) mass is 502 g/mol. The van der Waals surface area contributed by atoms with Crippen molar-refractivity contribution in [3.63, 3.8) is 0 Å². The quantitative estimate of drug-likeness (QED) is 0.231. The number of carbonyl (C=O) groups excluding carboxylic acids is 1. The summed E-state index contributed by atoms with van der Waals surface area (Å²) in [7, 11) is 0. The Morgan fingerprint density at radius 3 is 2.64 bits per heavy atom. The molecule has 10 heteroatoms. The number of carbonyl (C=O) groups is 2. The number of rotatable bonds is 11. The first-order chi connectivity index (χ1) is 17.1. The number of carboxylic acids is 1. The molecule has 0 aliphatic carbocycles. The van der Waals surface area contributed by atoms with Gasteiger partial charge in [-0.1, -0.05) is 46.3 Å². The number of H-pyrrole nitrogens is 2. The molecule has 1 fully saturated rings. The van der Waals surface area contributed by atoms with E-state index in [1.165, 1.54) is 25.9 Å². The van der Waals surface area contributed by atoms with Gasteiger partial charge in [-0.3, -0.25) is 19.3 Å². The third kappa shape index (κ3) is 10.6. The maximum atomic E-state index is 11.7. The van der Waals surface area contributed by atoms with Crippen LogP contribution in [0.15, 0.2) is 42.4 Å². The maximum Gasteiger partial charge on any atom is 0.320 e. The van der Waals surface area contributed by atoms with Crippen LogP contribution in [0, 0.1) is 5.92 Å². The summed E-state index contributed by atoms with van der Waals surface area (Å²) in [5.74, 6) is -0.342. The molecule has 3 rings (SSSR count). The van der Waals surface area contributed by atoms with Crippen molar-refractivity contribution in [3.05, 3.63) is 53.5 Å². The Balaban J connectivity index is 0.000000498. The Hall–Kier alpha value is -3.24. The molecule has 0 amide bonds. The van der Waals surface area contributed by atoms with Gasteiger partial charge in [0, 0.05) is 31.8 Å². The number of nitrogens with zero attached hydrogens (tertiary/aromatic N) is 2. The number of allylic oxidation sites excluding steroid dienone is 1. The molecule has 0 unspecified atom stereocenters. The first kappa shape index (κ1) is 30.8. The van der Waals surface area contributed by atoms with Gasteiger partial charge in [0.25, 0.3) is 5.56 Å². The van der Waals surface area contributed by atoms with E-state index >= 15 is 0 Å². The molecule has 1 aliphatic rings. The van der Waals surface area contributed by atoms with E-state index in [1.807, 2.05) is 6.20 Å². The van der Waals surface area contributed by atoms with Crippen LogP contribution in [0.1, 0.15) is 64.9 Å². The number of fused-ring (bicyclic) bond motifs is 1. The summed E-state index contributed by atoms with van der Waals surface area (Å²) < 4.78 is 0. The molecule has 200 valence electrons. The van der Waals surface area contributed by atoms with Crippen LogP contribution in [0.4, 0.5) is 0 Å². The highest BCUT2D eigenvalue weighted by Gasteiger charge is 2.23. The highest BCUT2D eigenvalue weighted by molar-refractivity contribution is 5.92. The van der Waals surface area contributed by atoms with E-state index < -0.39 is 12.0 Å². The van der Waals surface area contributed by atoms with Gasteiger partial charge in [-0.15, -0.1) is 0 Å². The summed E-state index contributed by atoms with van der Waals surface area (Å²) in [6, 6.07) is -0.738. The summed E-state index contributed by atoms with van der Waals surface area (Å²) >= 11 is 0. The zero-order valence-electron chi connectivity index (χ0n) is 21.8. The SMILES string of the molecule is C=CNC(=C)C(C)=O.CCC.N[C@@H](CCCC[C@@H]1CCN(Cc2c[nH]c3c(=O)[nH]cnc23)C1)C(=O)O. The zero-order chi connectivity index (χ0) is 27.1. The number of hydrogen-bond acceptors (Lipinski definition) is 7. The lowest BCUT2D eigenvalue weighted by Crippen LogP contribution is -2.29. The van der Waals surface area contributed by atoms with Crippen LogP contribution in [0.2, 0.25) is 0 Å². The number of ketones is 1. The van der Waals surface area contributed by atoms with Crippen LogP contribution in [0.5, 0.6) is 0 Å². The minimum atomic E-state index is -0.918. The zero-order valence-corrected chi connectivity index (χ0v) is 21.8. The van der Waals surface area contributed by atoms with E-state index in [2.05, 4.69) is 52.2 Å². The van der Waals surface area contributed by atoms with Crippen molar-refractivity contribution in [1.29, 1.82) is 0 Å². The molecule has 0 radical (unpaired) electrons. The normalized spacial score (nSPS) is 15.7. The van der Waals surface area contributed by atoms with Crippen LogP contribution < -0.4 is 16.6 Å². The highest BCUT2D eigenvalue weighted by Crippen LogP contribution is 2.25. The molecule has 2 aromatic heterocycles. The van der Waals surface area contributed by atoms with Crippen LogP contribution in [0.3, 0.4) is 0 Å². The second-order valence-corrected chi connectivity index (χ2v) is 8.98. The molecular weight excluding hydrogens is 460 g/mol. The number of Topliss-reactive ketones (excluding diaryl/α,β-unsaturated/α-hetero) is 1. The Kier molecular flexibility index (Phi) is 14.1. The predicted molar refractivity (Wildman–Crippen MR) is 143 cm³/mol. The second-order valence-electron chi connectivity index (χ2n) is 8.98. The third-order valence-electron chi connectivity index (χ3n) is 5.71. The van der Waals surface area contributed by atoms with Crippen molar-refractivity contribution >= 4 is 22.8 Å². The minimum absolute atomic E-state index is 0.0649. The number of nitrogens with one attached hydrogen (secondary N) is 3. The van der Waals surface area contributed by atoms with E-state index in [-0.39, 0.29) is 11.3 Å². The molecule has 3 heterocycles. The number of aliphatic carboxylic acids is 1. The molecule has 0 saturated carbocycles. The van der Waals surface area contributed by atoms with Gasteiger partial charge in [0.2, 0.25) is 0 Å². The summed E-state index contributed by atoms with van der Waals surface area (Å²) in [5, 5.41) is 11.3. The van der Waals surface area contributed by atoms with Crippen molar-refractivity contribution in [2.24, 2.45) is 11.7 Å². The number of aromatic amines is 2. The van der Waals surface area contributed by atoms with Gasteiger partial charge in [0.05, 0.1) is 17.5 Å². The van der Waals surface area contributed by atoms with Gasteiger partial charge in [0.15, 0.2) is 5.78 Å². The lowest BCUT2D eigenvalue weighted by Gasteiger charge is -2.15. The lowest BCUT2D eigenvalue weighted by molar-refractivity contribution is -0.138. The van der Waals surface area contributed by atoms with Gasteiger partial charge in [0.1, 0.15) is 11.6 Å². The van der Waals surface area contributed by atoms with Gasteiger partial charge >= 0.3 is 5.97 Å². The van der Waals surface area contributed by atoms with E-state index in [4.69, 9.17) is 10.8 Å². The largest absolute Gasteiger partial charge is 0.480 e. The maximum absolute atomic E-state index is 11.7. The van der Waals surface area contributed by atoms with Crippen LogP contribution >= 0.6 is 0 Å². The Bertz CT molecular complexity index is 1040. The molecule has 1 aliphatic heterocycles. The topological polar surface area (TPSA) is 157 Å². The molecule has 1 saturated heterocycles. The molecule has 0 spiro atoms. The first-order valence-corrected chi connectivity index (χ1v) is 12.5. The lowest BCUT2D eigenvalue weighted by atomic mass is 9.99. The Morgan fingerprint density at radius 2 is 2.06 bits per heavy atom. The second kappa shape index (κ2) is 16.4. The predicted octanol–water partition coefficient (Wildman–Crippen LogP) is 3.28. The molecular formula is C26H42N6O4. The smallest absolute Gasteiger partial charge is 0.320 e. The molecule has 10 nitrogen and oxygen atoms in total. The fourth-order valence-electron chi connectivity index (χ4n) is 3.80. The molecule has 6 N–H and O–H groups in total. The number of nitrogens with two attached hydrogens (primary N) is 1. The number of likely N-dealkylation sites (tertiary alicyclic amines) is 1. The van der Waals surface area contributed by atoms with E-state index in [1.54, 1.807) is 0 Å². The number of unbranched alkanes of at least 4 members (excludes halogenated alkanes) is 1. The van der Waals surface area contributed by atoms with Crippen LogP contribution in [0.25, 0.3) is 11.0 Å². The van der Waals surface area contributed by atoms with Gasteiger partial charge < -0.3 is 26.1 Å². The summed E-state index contributed by atoms with van der Waals surface area (Å²) in [5.41, 5.74) is 8.08. The first-order valence-electron chi connectivity index (χ1n) is 12.5. The summed E-state index contributed by atoms with van der Waals surface area (Å²) in [4.78, 5) is 45.0.